The summed E-state index contributed by atoms with van der Waals surface area (Å²) in [4.78, 5) is 23.3. The molecule has 0 aromatic heterocycles. The standard InChI is InChI=1S/C14H10F5IO7S/c1-6(2)10(21)26-7-3-4-8(9(20)5-7)11(22)27-12(13(15,16)17)14(18,19)28(23,24)25/h3-5,12H,1H2,2H3,(H,23,24,25). The van der Waals surface area contributed by atoms with Crippen LogP contribution in [0.5, 0.6) is 5.75 Å². The second-order valence-electron chi connectivity index (χ2n) is 5.18. The van der Waals surface area contributed by atoms with E-state index in [-0.39, 0.29) is 14.9 Å². The van der Waals surface area contributed by atoms with Crippen LogP contribution in [0.3, 0.4) is 0 Å². The molecule has 1 N–H and O–H groups in total. The molecule has 28 heavy (non-hydrogen) atoms. The third-order valence-electron chi connectivity index (χ3n) is 2.89. The third-order valence-corrected chi connectivity index (χ3v) is 4.69. The van der Waals surface area contributed by atoms with Crippen LogP contribution in [-0.4, -0.2) is 42.4 Å². The van der Waals surface area contributed by atoms with Crippen molar-refractivity contribution in [3.63, 3.8) is 0 Å². The largest absolute Gasteiger partial charge is 0.441 e. The highest BCUT2D eigenvalue weighted by Crippen LogP contribution is 2.38. The molecule has 0 aliphatic heterocycles. The van der Waals surface area contributed by atoms with Gasteiger partial charge in [-0.2, -0.15) is 30.4 Å². The van der Waals surface area contributed by atoms with Crippen molar-refractivity contribution in [2.75, 3.05) is 0 Å². The van der Waals surface area contributed by atoms with E-state index in [0.717, 1.165) is 18.2 Å². The van der Waals surface area contributed by atoms with Crippen LogP contribution in [0.2, 0.25) is 0 Å². The number of hydrogen-bond donors (Lipinski definition) is 1. The number of halogens is 6. The average Bonchev–Trinajstić information content (AvgIpc) is 2.49. The quantitative estimate of drug-likeness (QED) is 0.146. The molecule has 0 fully saturated rings. The molecule has 0 radical (unpaired) electrons. The second kappa shape index (κ2) is 8.28. The first-order valence-electron chi connectivity index (χ1n) is 6.78. The first kappa shape index (κ1) is 24.2. The van der Waals surface area contributed by atoms with Crippen LogP contribution in [0.25, 0.3) is 0 Å². The number of alkyl halides is 5. The number of carbonyl (C=O) groups excluding carboxylic acids is 2. The summed E-state index contributed by atoms with van der Waals surface area (Å²) in [6.45, 7) is 4.66. The monoisotopic (exact) mass is 544 g/mol. The SMILES string of the molecule is C=C(C)C(=O)Oc1ccc(C(=O)OC(C(F)(F)F)C(F)(F)S(=O)(=O)O)c(I)c1. The van der Waals surface area contributed by atoms with E-state index in [1.165, 1.54) is 29.5 Å². The van der Waals surface area contributed by atoms with Crippen molar-refractivity contribution in [1.82, 2.24) is 0 Å². The highest BCUT2D eigenvalue weighted by molar-refractivity contribution is 14.1. The first-order valence-corrected chi connectivity index (χ1v) is 9.30. The summed E-state index contributed by atoms with van der Waals surface area (Å²) >= 11 is 1.42. The predicted octanol–water partition coefficient (Wildman–Crippen LogP) is 3.34. The van der Waals surface area contributed by atoms with Crippen molar-refractivity contribution in [2.45, 2.75) is 24.5 Å². The molecule has 0 spiro atoms. The number of rotatable bonds is 6. The summed E-state index contributed by atoms with van der Waals surface area (Å²) in [6, 6.07) is 2.79. The highest BCUT2D eigenvalue weighted by atomic mass is 127. The van der Waals surface area contributed by atoms with E-state index in [1.54, 1.807) is 0 Å². The van der Waals surface area contributed by atoms with Gasteiger partial charge < -0.3 is 9.47 Å². The number of hydrogen-bond acceptors (Lipinski definition) is 6. The van der Waals surface area contributed by atoms with Gasteiger partial charge in [0.15, 0.2) is 0 Å². The van der Waals surface area contributed by atoms with Crippen LogP contribution >= 0.6 is 22.6 Å². The Balaban J connectivity index is 3.20. The molecular formula is C14H10F5IO7S. The number of carbonyl (C=O) groups is 2. The lowest BCUT2D eigenvalue weighted by atomic mass is 10.2. The van der Waals surface area contributed by atoms with Crippen molar-refractivity contribution in [3.05, 3.63) is 39.5 Å². The Morgan fingerprint density at radius 3 is 2.14 bits per heavy atom. The van der Waals surface area contributed by atoms with Gasteiger partial charge in [0.1, 0.15) is 5.75 Å². The zero-order chi connectivity index (χ0) is 22.1. The van der Waals surface area contributed by atoms with E-state index in [0.29, 0.717) is 0 Å². The van der Waals surface area contributed by atoms with E-state index < -0.39 is 45.2 Å². The van der Waals surface area contributed by atoms with Gasteiger partial charge >= 0.3 is 33.5 Å². The maximum Gasteiger partial charge on any atom is 0.432 e. The molecule has 7 nitrogen and oxygen atoms in total. The van der Waals surface area contributed by atoms with Gasteiger partial charge in [0.25, 0.3) is 6.10 Å². The molecule has 0 bridgehead atoms. The van der Waals surface area contributed by atoms with Crippen molar-refractivity contribution in [2.24, 2.45) is 0 Å². The van der Waals surface area contributed by atoms with Gasteiger partial charge in [-0.3, -0.25) is 4.55 Å². The number of esters is 2. The fourth-order valence-corrected chi connectivity index (χ4v) is 2.71. The number of ether oxygens (including phenoxy) is 2. The smallest absolute Gasteiger partial charge is 0.432 e. The summed E-state index contributed by atoms with van der Waals surface area (Å²) < 4.78 is 103. The zero-order valence-electron chi connectivity index (χ0n) is 13.6. The van der Waals surface area contributed by atoms with Crippen molar-refractivity contribution >= 4 is 44.6 Å². The summed E-state index contributed by atoms with van der Waals surface area (Å²) in [5.41, 5.74) is -0.630. The lowest BCUT2D eigenvalue weighted by molar-refractivity contribution is -0.248. The van der Waals surface area contributed by atoms with Gasteiger partial charge in [-0.1, -0.05) is 6.58 Å². The molecule has 1 unspecified atom stereocenters. The Morgan fingerprint density at radius 1 is 1.21 bits per heavy atom. The van der Waals surface area contributed by atoms with Crippen molar-refractivity contribution in [1.29, 1.82) is 0 Å². The Hall–Kier alpha value is -1.81. The third kappa shape index (κ3) is 5.60. The van der Waals surface area contributed by atoms with E-state index >= 15 is 0 Å². The van der Waals surface area contributed by atoms with Crippen molar-refractivity contribution in [3.8, 4) is 5.75 Å². The summed E-state index contributed by atoms with van der Waals surface area (Å²) in [7, 11) is -6.55. The van der Waals surface area contributed by atoms with Gasteiger partial charge in [0.2, 0.25) is 0 Å². The van der Waals surface area contributed by atoms with Crippen LogP contribution in [0, 0.1) is 3.57 Å². The van der Waals surface area contributed by atoms with E-state index in [9.17, 15) is 40.0 Å². The average molecular weight is 544 g/mol. The normalized spacial score (nSPS) is 13.6. The maximum atomic E-state index is 13.4. The molecular weight excluding hydrogens is 534 g/mol. The molecule has 0 amide bonds. The molecule has 0 heterocycles. The Labute approximate surface area is 168 Å². The highest BCUT2D eigenvalue weighted by Gasteiger charge is 2.66. The van der Waals surface area contributed by atoms with Crippen molar-refractivity contribution < 1.29 is 54.0 Å². The fraction of sp³-hybridized carbons (Fsp3) is 0.286. The van der Waals surface area contributed by atoms with Gasteiger partial charge in [-0.05, 0) is 47.7 Å². The maximum absolute atomic E-state index is 13.4. The minimum Gasteiger partial charge on any atom is -0.441 e. The van der Waals surface area contributed by atoms with E-state index in [2.05, 4.69) is 11.3 Å². The number of benzene rings is 1. The Morgan fingerprint density at radius 2 is 1.75 bits per heavy atom. The molecule has 156 valence electrons. The van der Waals surface area contributed by atoms with Crippen LogP contribution in [0.4, 0.5) is 22.0 Å². The molecule has 0 saturated heterocycles. The predicted molar refractivity (Wildman–Crippen MR) is 91.4 cm³/mol. The van der Waals surface area contributed by atoms with Crippen LogP contribution < -0.4 is 4.74 Å². The topological polar surface area (TPSA) is 107 Å². The summed E-state index contributed by atoms with van der Waals surface area (Å²) in [6.07, 6.45) is -10.5. The molecule has 1 aromatic rings. The summed E-state index contributed by atoms with van der Waals surface area (Å²) in [5, 5.41) is -5.84. The Bertz CT molecular complexity index is 911. The van der Waals surface area contributed by atoms with Gasteiger partial charge in [0.05, 0.1) is 5.56 Å². The van der Waals surface area contributed by atoms with Gasteiger partial charge in [0, 0.05) is 9.14 Å². The minimum atomic E-state index is -6.55. The molecule has 1 atom stereocenters. The van der Waals surface area contributed by atoms with Crippen LogP contribution in [0.1, 0.15) is 17.3 Å². The van der Waals surface area contributed by atoms with Gasteiger partial charge in [-0.25, -0.2) is 9.59 Å². The molecule has 1 rings (SSSR count). The molecule has 0 aliphatic carbocycles. The minimum absolute atomic E-state index is 0.0268. The molecule has 14 heteroatoms. The fourth-order valence-electron chi connectivity index (χ4n) is 1.55. The lowest BCUT2D eigenvalue weighted by Crippen LogP contribution is -2.52. The van der Waals surface area contributed by atoms with Gasteiger partial charge in [-0.15, -0.1) is 0 Å². The van der Waals surface area contributed by atoms with Crippen LogP contribution in [-0.2, 0) is 19.6 Å². The zero-order valence-corrected chi connectivity index (χ0v) is 16.6. The van der Waals surface area contributed by atoms with E-state index in [4.69, 9.17) is 9.29 Å². The van der Waals surface area contributed by atoms with E-state index in [1.807, 2.05) is 0 Å². The second-order valence-corrected chi connectivity index (χ2v) is 7.83. The molecule has 0 aliphatic rings. The first-order chi connectivity index (χ1) is 12.5. The molecule has 0 saturated carbocycles. The Kier molecular flexibility index (Phi) is 7.17. The molecule has 1 aromatic carbocycles. The van der Waals surface area contributed by atoms with Crippen LogP contribution in [0.15, 0.2) is 30.4 Å². The lowest BCUT2D eigenvalue weighted by Gasteiger charge is -2.26. The summed E-state index contributed by atoms with van der Waals surface area (Å²) in [5.74, 6) is -2.92.